The number of nitrogens with one attached hydrogen (secondary N) is 1. The molecule has 1 aromatic carbocycles. The van der Waals surface area contributed by atoms with Gasteiger partial charge in [-0.2, -0.15) is 0 Å². The summed E-state index contributed by atoms with van der Waals surface area (Å²) in [6.07, 6.45) is 1.63. The number of nitrogens with zero attached hydrogens (tertiary/aromatic N) is 2. The second kappa shape index (κ2) is 10.1. The summed E-state index contributed by atoms with van der Waals surface area (Å²) in [6, 6.07) is 5.93. The molecule has 1 aliphatic rings. The third-order valence-electron chi connectivity index (χ3n) is 4.09. The maximum Gasteiger partial charge on any atom is 0.194 e. The van der Waals surface area contributed by atoms with Crippen LogP contribution in [0.3, 0.4) is 0 Å². The average molecular weight is 435 g/mol. The third-order valence-corrected chi connectivity index (χ3v) is 4.09. The molecule has 0 bridgehead atoms. The summed E-state index contributed by atoms with van der Waals surface area (Å²) in [6.45, 7) is 7.40. The van der Waals surface area contributed by atoms with Gasteiger partial charge in [0.15, 0.2) is 5.96 Å². The van der Waals surface area contributed by atoms with E-state index < -0.39 is 6.10 Å². The smallest absolute Gasteiger partial charge is 0.194 e. The van der Waals surface area contributed by atoms with Gasteiger partial charge in [-0.3, -0.25) is 4.99 Å². The van der Waals surface area contributed by atoms with Gasteiger partial charge in [0.05, 0.1) is 12.6 Å². The Balaban J connectivity index is 0.00000264. The van der Waals surface area contributed by atoms with E-state index in [0.29, 0.717) is 5.56 Å². The fourth-order valence-corrected chi connectivity index (χ4v) is 2.61. The van der Waals surface area contributed by atoms with E-state index in [0.717, 1.165) is 31.5 Å². The summed E-state index contributed by atoms with van der Waals surface area (Å²) >= 11 is 0. The second-order valence-corrected chi connectivity index (χ2v) is 5.93. The Labute approximate surface area is 155 Å². The number of guanidine groups is 1. The number of hydrogen-bond acceptors (Lipinski definition) is 2. The van der Waals surface area contributed by atoms with Crippen LogP contribution in [-0.2, 0) is 0 Å². The first-order valence-electron chi connectivity index (χ1n) is 8.07. The summed E-state index contributed by atoms with van der Waals surface area (Å²) in [4.78, 5) is 6.80. The van der Waals surface area contributed by atoms with Crippen LogP contribution in [0.25, 0.3) is 0 Å². The van der Waals surface area contributed by atoms with Gasteiger partial charge < -0.3 is 15.3 Å². The van der Waals surface area contributed by atoms with Crippen LogP contribution in [0.15, 0.2) is 29.3 Å². The molecular formula is C17H27FIN3O. The molecule has 0 radical (unpaired) electrons. The maximum absolute atomic E-state index is 12.9. The molecular weight excluding hydrogens is 408 g/mol. The van der Waals surface area contributed by atoms with Gasteiger partial charge in [0.2, 0.25) is 0 Å². The van der Waals surface area contributed by atoms with Crippen LogP contribution in [0.1, 0.15) is 38.4 Å². The first-order valence-corrected chi connectivity index (χ1v) is 8.07. The van der Waals surface area contributed by atoms with Crippen LogP contribution in [0.2, 0.25) is 0 Å². The lowest BCUT2D eigenvalue weighted by Crippen LogP contribution is -2.45. The van der Waals surface area contributed by atoms with Crippen LogP contribution in [0.4, 0.5) is 4.39 Å². The predicted molar refractivity (Wildman–Crippen MR) is 103 cm³/mol. The van der Waals surface area contributed by atoms with Crippen LogP contribution < -0.4 is 5.32 Å². The average Bonchev–Trinajstić information content (AvgIpc) is 2.53. The molecule has 0 saturated carbocycles. The first-order chi connectivity index (χ1) is 10.6. The molecule has 1 unspecified atom stereocenters. The van der Waals surface area contributed by atoms with E-state index in [4.69, 9.17) is 0 Å². The van der Waals surface area contributed by atoms with Crippen LogP contribution in [0.5, 0.6) is 0 Å². The van der Waals surface area contributed by atoms with Crippen molar-refractivity contribution in [3.8, 4) is 0 Å². The summed E-state index contributed by atoms with van der Waals surface area (Å²) in [5.41, 5.74) is 0.688. The van der Waals surface area contributed by atoms with Crippen molar-refractivity contribution >= 4 is 29.9 Å². The van der Waals surface area contributed by atoms with Gasteiger partial charge in [-0.05, 0) is 43.4 Å². The zero-order chi connectivity index (χ0) is 15.9. The van der Waals surface area contributed by atoms with E-state index in [1.807, 2.05) is 6.92 Å². The van der Waals surface area contributed by atoms with Gasteiger partial charge in [-0.25, -0.2) is 4.39 Å². The molecule has 1 atom stereocenters. The van der Waals surface area contributed by atoms with Crippen molar-refractivity contribution < 1.29 is 9.50 Å². The Morgan fingerprint density at radius 1 is 1.35 bits per heavy atom. The Hall–Kier alpha value is -0.890. The highest BCUT2D eigenvalue weighted by molar-refractivity contribution is 14.0. The van der Waals surface area contributed by atoms with E-state index >= 15 is 0 Å². The molecule has 4 nitrogen and oxygen atoms in total. The van der Waals surface area contributed by atoms with E-state index in [1.165, 1.54) is 25.0 Å². The SMILES string of the molecule is CCNC(=NCC(O)c1ccc(F)cc1)N1CCC(C)CC1.I. The van der Waals surface area contributed by atoms with Gasteiger partial charge in [0.25, 0.3) is 0 Å². The molecule has 1 fully saturated rings. The molecule has 0 aromatic heterocycles. The minimum absolute atomic E-state index is 0. The minimum Gasteiger partial charge on any atom is -0.386 e. The van der Waals surface area contributed by atoms with Gasteiger partial charge in [0.1, 0.15) is 5.82 Å². The summed E-state index contributed by atoms with van der Waals surface area (Å²) in [5, 5.41) is 13.5. The standard InChI is InChI=1S/C17H26FN3O.HI/c1-3-19-17(21-10-8-13(2)9-11-21)20-12-16(22)14-4-6-15(18)7-5-14;/h4-7,13,16,22H,3,8-12H2,1-2H3,(H,19,20);1H. The molecule has 2 N–H and O–H groups in total. The normalized spacial score (nSPS) is 17.6. The quantitative estimate of drug-likeness (QED) is 0.434. The zero-order valence-corrected chi connectivity index (χ0v) is 16.2. The third kappa shape index (κ3) is 6.25. The molecule has 0 amide bonds. The lowest BCUT2D eigenvalue weighted by atomic mass is 9.99. The van der Waals surface area contributed by atoms with E-state index in [1.54, 1.807) is 12.1 Å². The largest absolute Gasteiger partial charge is 0.386 e. The van der Waals surface area contributed by atoms with Gasteiger partial charge in [-0.1, -0.05) is 19.1 Å². The Morgan fingerprint density at radius 2 is 1.96 bits per heavy atom. The summed E-state index contributed by atoms with van der Waals surface area (Å²) in [5.74, 6) is 1.33. The Morgan fingerprint density at radius 3 is 2.52 bits per heavy atom. The minimum atomic E-state index is -0.710. The molecule has 1 saturated heterocycles. The second-order valence-electron chi connectivity index (χ2n) is 5.93. The summed E-state index contributed by atoms with van der Waals surface area (Å²) in [7, 11) is 0. The molecule has 0 spiro atoms. The number of aliphatic imine (C=N–C) groups is 1. The number of aliphatic hydroxyl groups excluding tert-OH is 1. The van der Waals surface area contributed by atoms with Crippen molar-refractivity contribution in [2.45, 2.75) is 32.8 Å². The highest BCUT2D eigenvalue weighted by Crippen LogP contribution is 2.17. The van der Waals surface area contributed by atoms with Crippen molar-refractivity contribution in [3.05, 3.63) is 35.6 Å². The number of halogens is 2. The molecule has 2 rings (SSSR count). The molecule has 23 heavy (non-hydrogen) atoms. The first kappa shape index (κ1) is 20.2. The number of benzene rings is 1. The molecule has 6 heteroatoms. The van der Waals surface area contributed by atoms with Crippen LogP contribution >= 0.6 is 24.0 Å². The fourth-order valence-electron chi connectivity index (χ4n) is 2.61. The molecule has 0 aliphatic carbocycles. The van der Waals surface area contributed by atoms with Crippen molar-refractivity contribution in [1.82, 2.24) is 10.2 Å². The number of piperidine rings is 1. The monoisotopic (exact) mass is 435 g/mol. The predicted octanol–water partition coefficient (Wildman–Crippen LogP) is 3.17. The van der Waals surface area contributed by atoms with Crippen molar-refractivity contribution in [2.24, 2.45) is 10.9 Å². The molecule has 1 aliphatic heterocycles. The lowest BCUT2D eigenvalue weighted by Gasteiger charge is -2.33. The zero-order valence-electron chi connectivity index (χ0n) is 13.8. The number of rotatable bonds is 4. The van der Waals surface area contributed by atoms with E-state index in [-0.39, 0.29) is 36.3 Å². The van der Waals surface area contributed by atoms with Crippen molar-refractivity contribution in [3.63, 3.8) is 0 Å². The van der Waals surface area contributed by atoms with Crippen LogP contribution in [-0.4, -0.2) is 42.1 Å². The topological polar surface area (TPSA) is 47.9 Å². The van der Waals surface area contributed by atoms with Gasteiger partial charge >= 0.3 is 0 Å². The van der Waals surface area contributed by atoms with E-state index in [9.17, 15) is 9.50 Å². The molecule has 1 aromatic rings. The Bertz CT molecular complexity index is 487. The van der Waals surface area contributed by atoms with E-state index in [2.05, 4.69) is 22.1 Å². The molecule has 130 valence electrons. The van der Waals surface area contributed by atoms with Crippen molar-refractivity contribution in [2.75, 3.05) is 26.2 Å². The van der Waals surface area contributed by atoms with Crippen LogP contribution in [0, 0.1) is 11.7 Å². The number of aliphatic hydroxyl groups is 1. The van der Waals surface area contributed by atoms with Gasteiger partial charge in [0, 0.05) is 19.6 Å². The van der Waals surface area contributed by atoms with Crippen molar-refractivity contribution in [1.29, 1.82) is 0 Å². The molecule has 1 heterocycles. The number of hydrogen-bond donors (Lipinski definition) is 2. The number of likely N-dealkylation sites (tertiary alicyclic amines) is 1. The highest BCUT2D eigenvalue weighted by Gasteiger charge is 2.19. The maximum atomic E-state index is 12.9. The Kier molecular flexibility index (Phi) is 8.83. The highest BCUT2D eigenvalue weighted by atomic mass is 127. The fraction of sp³-hybridized carbons (Fsp3) is 0.588. The summed E-state index contributed by atoms with van der Waals surface area (Å²) < 4.78 is 12.9. The van der Waals surface area contributed by atoms with Gasteiger partial charge in [-0.15, -0.1) is 24.0 Å². The lowest BCUT2D eigenvalue weighted by molar-refractivity contribution is 0.186.